The summed E-state index contributed by atoms with van der Waals surface area (Å²) in [6, 6.07) is 4.60. The van der Waals surface area contributed by atoms with Gasteiger partial charge < -0.3 is 25.4 Å². The van der Waals surface area contributed by atoms with E-state index in [1.165, 1.54) is 17.0 Å². The molecule has 1 aromatic rings. The minimum Gasteiger partial charge on any atom is -0.508 e. The number of amides is 3. The smallest absolute Gasteiger partial charge is 0.408 e. The third-order valence-corrected chi connectivity index (χ3v) is 5.57. The van der Waals surface area contributed by atoms with Crippen LogP contribution >= 0.6 is 11.8 Å². The number of alkyl carbamates (subject to hydrolysis) is 1. The number of aromatic hydroxyl groups is 1. The Balaban J connectivity index is 3.33. The van der Waals surface area contributed by atoms with E-state index in [-0.39, 0.29) is 17.6 Å². The normalized spacial score (nSPS) is 13.0. The first kappa shape index (κ1) is 29.6. The number of phenolic OH excluding ortho intramolecular Hbond substituents is 1. The third kappa shape index (κ3) is 10.2. The lowest BCUT2D eigenvalue weighted by atomic mass is 10.0. The first-order valence-corrected chi connectivity index (χ1v) is 13.3. The molecule has 0 aliphatic heterocycles. The molecule has 0 radical (unpaired) electrons. The summed E-state index contributed by atoms with van der Waals surface area (Å²) in [7, 11) is 0. The highest BCUT2D eigenvalue weighted by Gasteiger charge is 2.35. The van der Waals surface area contributed by atoms with E-state index in [4.69, 9.17) is 4.74 Å². The maximum Gasteiger partial charge on any atom is 0.408 e. The van der Waals surface area contributed by atoms with Crippen molar-refractivity contribution >= 4 is 29.7 Å². The third-order valence-electron chi connectivity index (χ3n) is 4.92. The van der Waals surface area contributed by atoms with Crippen LogP contribution in [-0.2, 0) is 14.3 Å². The van der Waals surface area contributed by atoms with Crippen LogP contribution in [0.15, 0.2) is 24.3 Å². The van der Waals surface area contributed by atoms with E-state index in [1.54, 1.807) is 44.7 Å². The van der Waals surface area contributed by atoms with Gasteiger partial charge >= 0.3 is 6.09 Å². The first-order valence-electron chi connectivity index (χ1n) is 11.9. The average Bonchev–Trinajstić information content (AvgIpc) is 2.75. The van der Waals surface area contributed by atoms with E-state index in [0.29, 0.717) is 37.2 Å². The van der Waals surface area contributed by atoms with Gasteiger partial charge in [-0.2, -0.15) is 11.8 Å². The molecule has 0 aliphatic carbocycles. The van der Waals surface area contributed by atoms with Crippen LogP contribution in [0.4, 0.5) is 4.79 Å². The zero-order valence-electron chi connectivity index (χ0n) is 21.3. The molecule has 1 rings (SSSR count). The molecule has 2 atom stereocenters. The highest BCUT2D eigenvalue weighted by molar-refractivity contribution is 7.98. The number of ether oxygens (including phenoxy) is 1. The number of thioether (sulfide) groups is 1. The Morgan fingerprint density at radius 1 is 1.18 bits per heavy atom. The quantitative estimate of drug-likeness (QED) is 0.353. The summed E-state index contributed by atoms with van der Waals surface area (Å²) < 4.78 is 5.37. The van der Waals surface area contributed by atoms with Crippen LogP contribution in [0.25, 0.3) is 0 Å². The summed E-state index contributed by atoms with van der Waals surface area (Å²) in [6.45, 7) is 10.0. The average molecular weight is 496 g/mol. The zero-order valence-corrected chi connectivity index (χ0v) is 22.2. The predicted octanol–water partition coefficient (Wildman–Crippen LogP) is 4.23. The Kier molecular flexibility index (Phi) is 12.9. The topological polar surface area (TPSA) is 108 Å². The minimum atomic E-state index is -0.936. The number of unbranched alkanes of at least 4 members (excludes halogenated alkanes) is 1. The number of benzene rings is 1. The van der Waals surface area contributed by atoms with Crippen molar-refractivity contribution in [2.45, 2.75) is 78.0 Å². The Morgan fingerprint density at radius 3 is 2.44 bits per heavy atom. The molecule has 8 nitrogen and oxygen atoms in total. The van der Waals surface area contributed by atoms with E-state index in [1.807, 2.05) is 20.1 Å². The predicted molar refractivity (Wildman–Crippen MR) is 137 cm³/mol. The number of rotatable bonds is 13. The van der Waals surface area contributed by atoms with Gasteiger partial charge in [0.15, 0.2) is 0 Å². The maximum atomic E-state index is 13.8. The summed E-state index contributed by atoms with van der Waals surface area (Å²) in [5.41, 5.74) is -0.194. The number of phenols is 1. The molecule has 0 spiro atoms. The number of nitrogens with zero attached hydrogens (tertiary/aromatic N) is 1. The van der Waals surface area contributed by atoms with Gasteiger partial charge in [0.2, 0.25) is 11.8 Å². The SMILES string of the molecule is CCCCNC(=O)C(c1cccc(O)c1)N(CCC)C(=O)C(CCSC)NC(=O)OC(C)(C)C. The van der Waals surface area contributed by atoms with E-state index in [0.717, 1.165) is 12.8 Å². The van der Waals surface area contributed by atoms with Crippen LogP contribution in [0.2, 0.25) is 0 Å². The van der Waals surface area contributed by atoms with Gasteiger partial charge in [0.05, 0.1) is 0 Å². The number of nitrogens with one attached hydrogen (secondary N) is 2. The largest absolute Gasteiger partial charge is 0.508 e. The van der Waals surface area contributed by atoms with Crippen LogP contribution in [0, 0.1) is 0 Å². The molecular weight excluding hydrogens is 454 g/mol. The monoisotopic (exact) mass is 495 g/mol. The van der Waals surface area contributed by atoms with Gasteiger partial charge in [0, 0.05) is 13.1 Å². The van der Waals surface area contributed by atoms with Crippen molar-refractivity contribution in [3.05, 3.63) is 29.8 Å². The zero-order chi connectivity index (χ0) is 25.7. The van der Waals surface area contributed by atoms with Crippen LogP contribution in [0.5, 0.6) is 5.75 Å². The van der Waals surface area contributed by atoms with Crippen molar-refractivity contribution in [3.63, 3.8) is 0 Å². The van der Waals surface area contributed by atoms with Crippen molar-refractivity contribution in [2.75, 3.05) is 25.1 Å². The number of carbonyl (C=O) groups excluding carboxylic acids is 3. The molecule has 1 aromatic carbocycles. The van der Waals surface area contributed by atoms with Crippen molar-refractivity contribution in [1.29, 1.82) is 0 Å². The van der Waals surface area contributed by atoms with Gasteiger partial charge in [-0.15, -0.1) is 0 Å². The van der Waals surface area contributed by atoms with Crippen molar-refractivity contribution in [1.82, 2.24) is 15.5 Å². The Hall–Kier alpha value is -2.42. The molecule has 0 bridgehead atoms. The highest BCUT2D eigenvalue weighted by atomic mass is 32.2. The van der Waals surface area contributed by atoms with E-state index < -0.39 is 23.8 Å². The molecule has 0 saturated carbocycles. The standard InChI is InChI=1S/C25H41N3O5S/c1-7-9-14-26-22(30)21(18-11-10-12-19(29)17-18)28(15-8-2)23(31)20(13-16-34-6)27-24(32)33-25(3,4)5/h10-12,17,20-21,29H,7-9,13-16H2,1-6H3,(H,26,30)(H,27,32). The molecule has 0 aliphatic rings. The minimum absolute atomic E-state index is 0.0126. The van der Waals surface area contributed by atoms with Gasteiger partial charge in [0.25, 0.3) is 0 Å². The molecule has 3 amide bonds. The van der Waals surface area contributed by atoms with Gasteiger partial charge in [-0.1, -0.05) is 32.4 Å². The van der Waals surface area contributed by atoms with Crippen molar-refractivity contribution in [3.8, 4) is 5.75 Å². The van der Waals surface area contributed by atoms with Crippen molar-refractivity contribution < 1.29 is 24.2 Å². The van der Waals surface area contributed by atoms with Crippen LogP contribution in [-0.4, -0.2) is 64.7 Å². The number of hydrogen-bond acceptors (Lipinski definition) is 6. The maximum absolute atomic E-state index is 13.8. The summed E-state index contributed by atoms with van der Waals surface area (Å²) in [5.74, 6) is -0.0212. The Morgan fingerprint density at radius 2 is 1.88 bits per heavy atom. The summed E-state index contributed by atoms with van der Waals surface area (Å²) in [6.07, 6.45) is 4.00. The van der Waals surface area contributed by atoms with E-state index >= 15 is 0 Å². The number of carbonyl (C=O) groups is 3. The van der Waals surface area contributed by atoms with Crippen molar-refractivity contribution in [2.24, 2.45) is 0 Å². The fourth-order valence-corrected chi connectivity index (χ4v) is 3.87. The molecule has 192 valence electrons. The fourth-order valence-electron chi connectivity index (χ4n) is 3.40. The molecule has 34 heavy (non-hydrogen) atoms. The van der Waals surface area contributed by atoms with Gasteiger partial charge in [0.1, 0.15) is 23.4 Å². The van der Waals surface area contributed by atoms with E-state index in [9.17, 15) is 19.5 Å². The van der Waals surface area contributed by atoms with Crippen LogP contribution in [0.1, 0.15) is 71.9 Å². The molecule has 3 N–H and O–H groups in total. The second-order valence-electron chi connectivity index (χ2n) is 9.15. The first-order chi connectivity index (χ1) is 16.0. The Labute approximate surface area is 208 Å². The number of hydrogen-bond donors (Lipinski definition) is 3. The molecule has 0 aromatic heterocycles. The van der Waals surface area contributed by atoms with E-state index in [2.05, 4.69) is 10.6 Å². The second-order valence-corrected chi connectivity index (χ2v) is 10.1. The lowest BCUT2D eigenvalue weighted by Gasteiger charge is -2.34. The summed E-state index contributed by atoms with van der Waals surface area (Å²) in [4.78, 5) is 41.1. The summed E-state index contributed by atoms with van der Waals surface area (Å²) >= 11 is 1.56. The molecular formula is C25H41N3O5S. The molecule has 0 fully saturated rings. The highest BCUT2D eigenvalue weighted by Crippen LogP contribution is 2.26. The van der Waals surface area contributed by atoms with Gasteiger partial charge in [-0.05, 0) is 69.7 Å². The lowest BCUT2D eigenvalue weighted by molar-refractivity contribution is -0.142. The van der Waals surface area contributed by atoms with Gasteiger partial charge in [-0.25, -0.2) is 4.79 Å². The van der Waals surface area contributed by atoms with Crippen LogP contribution < -0.4 is 10.6 Å². The Bertz CT molecular complexity index is 797. The molecule has 2 unspecified atom stereocenters. The second kappa shape index (κ2) is 14.8. The molecule has 0 heterocycles. The summed E-state index contributed by atoms with van der Waals surface area (Å²) in [5, 5.41) is 15.7. The fraction of sp³-hybridized carbons (Fsp3) is 0.640. The molecule has 9 heteroatoms. The lowest BCUT2D eigenvalue weighted by Crippen LogP contribution is -2.53. The van der Waals surface area contributed by atoms with Gasteiger partial charge in [-0.3, -0.25) is 9.59 Å². The molecule has 0 saturated heterocycles. The van der Waals surface area contributed by atoms with Crippen LogP contribution in [0.3, 0.4) is 0 Å².